The molecule has 0 amide bonds. The molecule has 1 unspecified atom stereocenters. The summed E-state index contributed by atoms with van der Waals surface area (Å²) in [6, 6.07) is 3.87. The van der Waals surface area contributed by atoms with E-state index in [1.807, 2.05) is 26.0 Å². The maximum absolute atomic E-state index is 5.41. The van der Waals surface area contributed by atoms with Crippen LogP contribution in [-0.2, 0) is 0 Å². The number of hydrogen-bond donors (Lipinski definition) is 1. The Kier molecular flexibility index (Phi) is 3.48. The Morgan fingerprint density at radius 2 is 2.46 bits per heavy atom. The first-order valence-corrected chi connectivity index (χ1v) is 4.40. The Hall–Kier alpha value is -1.33. The zero-order chi connectivity index (χ0) is 9.68. The molecule has 0 spiro atoms. The van der Waals surface area contributed by atoms with Gasteiger partial charge in [0, 0.05) is 6.20 Å². The van der Waals surface area contributed by atoms with Gasteiger partial charge in [-0.1, -0.05) is 18.9 Å². The fourth-order valence-corrected chi connectivity index (χ4v) is 1.24. The molecular weight excluding hydrogens is 160 g/mol. The number of terminal acetylenes is 1. The van der Waals surface area contributed by atoms with Crippen LogP contribution in [0.2, 0.25) is 0 Å². The molecular formula is C11H14N2. The summed E-state index contributed by atoms with van der Waals surface area (Å²) >= 11 is 0. The van der Waals surface area contributed by atoms with Crippen molar-refractivity contribution in [2.45, 2.75) is 19.9 Å². The second-order valence-corrected chi connectivity index (χ2v) is 2.86. The summed E-state index contributed by atoms with van der Waals surface area (Å²) in [4.78, 5) is 4.26. The van der Waals surface area contributed by atoms with E-state index < -0.39 is 0 Å². The van der Waals surface area contributed by atoms with Gasteiger partial charge in [-0.3, -0.25) is 10.3 Å². The van der Waals surface area contributed by atoms with E-state index in [2.05, 4.69) is 16.2 Å². The quantitative estimate of drug-likeness (QED) is 0.705. The van der Waals surface area contributed by atoms with E-state index in [9.17, 15) is 0 Å². The molecule has 0 fully saturated rings. The van der Waals surface area contributed by atoms with Crippen LogP contribution in [0, 0.1) is 19.3 Å². The summed E-state index contributed by atoms with van der Waals surface area (Å²) in [5, 5.41) is 3.19. The second-order valence-electron chi connectivity index (χ2n) is 2.86. The van der Waals surface area contributed by atoms with Gasteiger partial charge in [-0.2, -0.15) is 0 Å². The molecule has 0 saturated heterocycles. The average molecular weight is 174 g/mol. The van der Waals surface area contributed by atoms with Crippen LogP contribution in [0.3, 0.4) is 0 Å². The molecule has 1 aromatic heterocycles. The molecule has 1 atom stereocenters. The zero-order valence-corrected chi connectivity index (χ0v) is 8.04. The maximum atomic E-state index is 5.41. The van der Waals surface area contributed by atoms with Gasteiger partial charge < -0.3 is 0 Å². The fraction of sp³-hybridized carbons (Fsp3) is 0.364. The van der Waals surface area contributed by atoms with Crippen molar-refractivity contribution < 1.29 is 0 Å². The third-order valence-electron chi connectivity index (χ3n) is 1.90. The molecule has 0 aliphatic carbocycles. The number of aryl methyl sites for hydroxylation is 1. The lowest BCUT2D eigenvalue weighted by Crippen LogP contribution is -2.21. The predicted octanol–water partition coefficient (Wildman–Crippen LogP) is 1.67. The van der Waals surface area contributed by atoms with Crippen LogP contribution < -0.4 is 5.32 Å². The second kappa shape index (κ2) is 4.64. The monoisotopic (exact) mass is 174 g/mol. The molecule has 0 aliphatic rings. The average Bonchev–Trinajstić information content (AvgIpc) is 2.16. The van der Waals surface area contributed by atoms with Gasteiger partial charge in [0.15, 0.2) is 0 Å². The van der Waals surface area contributed by atoms with Crippen LogP contribution in [0.1, 0.15) is 24.2 Å². The van der Waals surface area contributed by atoms with Crippen molar-refractivity contribution in [1.82, 2.24) is 10.3 Å². The molecule has 0 aliphatic heterocycles. The summed E-state index contributed by atoms with van der Waals surface area (Å²) in [5.41, 5.74) is 2.08. The minimum Gasteiger partial charge on any atom is -0.299 e. The zero-order valence-electron chi connectivity index (χ0n) is 8.04. The van der Waals surface area contributed by atoms with Gasteiger partial charge in [0.2, 0.25) is 0 Å². The van der Waals surface area contributed by atoms with Gasteiger partial charge in [-0.05, 0) is 25.1 Å². The number of pyridine rings is 1. The number of hydrogen-bond acceptors (Lipinski definition) is 2. The molecule has 0 radical (unpaired) electrons. The van der Waals surface area contributed by atoms with Crippen molar-refractivity contribution in [2.24, 2.45) is 0 Å². The first-order valence-electron chi connectivity index (χ1n) is 4.40. The van der Waals surface area contributed by atoms with Crippen LogP contribution in [0.4, 0.5) is 0 Å². The minimum atomic E-state index is -0.0637. The van der Waals surface area contributed by atoms with Gasteiger partial charge in [-0.25, -0.2) is 0 Å². The van der Waals surface area contributed by atoms with E-state index in [4.69, 9.17) is 6.42 Å². The maximum Gasteiger partial charge on any atom is 0.112 e. The summed E-state index contributed by atoms with van der Waals surface area (Å²) in [6.45, 7) is 4.90. The number of nitrogens with zero attached hydrogens (tertiary/aromatic N) is 1. The van der Waals surface area contributed by atoms with E-state index in [0.717, 1.165) is 17.8 Å². The molecule has 1 rings (SSSR count). The SMILES string of the molecule is C#CC(NCC)c1ncccc1C. The predicted molar refractivity (Wildman–Crippen MR) is 54.2 cm³/mol. The Morgan fingerprint density at radius 1 is 1.69 bits per heavy atom. The molecule has 0 aromatic carbocycles. The summed E-state index contributed by atoms with van der Waals surface area (Å²) in [5.74, 6) is 2.69. The number of aromatic nitrogens is 1. The van der Waals surface area contributed by atoms with Gasteiger partial charge in [-0.15, -0.1) is 6.42 Å². The Labute approximate surface area is 79.4 Å². The lowest BCUT2D eigenvalue weighted by Gasteiger charge is -2.12. The molecule has 1 heterocycles. The first-order chi connectivity index (χ1) is 6.29. The Bertz CT molecular complexity index is 312. The normalized spacial score (nSPS) is 12.1. The Morgan fingerprint density at radius 3 is 3.00 bits per heavy atom. The van der Waals surface area contributed by atoms with Crippen LogP contribution in [0.5, 0.6) is 0 Å². The van der Waals surface area contributed by atoms with E-state index >= 15 is 0 Å². The van der Waals surface area contributed by atoms with Crippen molar-refractivity contribution in [3.63, 3.8) is 0 Å². The molecule has 0 bridgehead atoms. The van der Waals surface area contributed by atoms with Gasteiger partial charge in [0.25, 0.3) is 0 Å². The highest BCUT2D eigenvalue weighted by Gasteiger charge is 2.09. The third-order valence-corrected chi connectivity index (χ3v) is 1.90. The van der Waals surface area contributed by atoms with Gasteiger partial charge >= 0.3 is 0 Å². The van der Waals surface area contributed by atoms with Crippen LogP contribution in [-0.4, -0.2) is 11.5 Å². The van der Waals surface area contributed by atoms with E-state index in [-0.39, 0.29) is 6.04 Å². The first kappa shape index (κ1) is 9.76. The van der Waals surface area contributed by atoms with Crippen LogP contribution in [0.25, 0.3) is 0 Å². The van der Waals surface area contributed by atoms with Crippen LogP contribution >= 0.6 is 0 Å². The highest BCUT2D eigenvalue weighted by molar-refractivity contribution is 5.26. The van der Waals surface area contributed by atoms with Gasteiger partial charge in [0.05, 0.1) is 5.69 Å². The molecule has 68 valence electrons. The number of rotatable bonds is 3. The highest BCUT2D eigenvalue weighted by Crippen LogP contribution is 2.12. The van der Waals surface area contributed by atoms with Crippen molar-refractivity contribution in [3.8, 4) is 12.3 Å². The summed E-state index contributed by atoms with van der Waals surface area (Å²) < 4.78 is 0. The minimum absolute atomic E-state index is 0.0637. The molecule has 1 aromatic rings. The largest absolute Gasteiger partial charge is 0.299 e. The van der Waals surface area contributed by atoms with E-state index in [1.165, 1.54) is 0 Å². The molecule has 2 heteroatoms. The van der Waals surface area contributed by atoms with E-state index in [1.54, 1.807) is 6.20 Å². The Balaban J connectivity index is 2.92. The third kappa shape index (κ3) is 2.30. The van der Waals surface area contributed by atoms with Gasteiger partial charge in [0.1, 0.15) is 6.04 Å². The molecule has 13 heavy (non-hydrogen) atoms. The van der Waals surface area contributed by atoms with Crippen molar-refractivity contribution >= 4 is 0 Å². The molecule has 0 saturated carbocycles. The van der Waals surface area contributed by atoms with E-state index in [0.29, 0.717) is 0 Å². The summed E-state index contributed by atoms with van der Waals surface area (Å²) in [7, 11) is 0. The number of nitrogens with one attached hydrogen (secondary N) is 1. The topological polar surface area (TPSA) is 24.9 Å². The molecule has 2 nitrogen and oxygen atoms in total. The fourth-order valence-electron chi connectivity index (χ4n) is 1.24. The lowest BCUT2D eigenvalue weighted by atomic mass is 10.1. The van der Waals surface area contributed by atoms with Crippen molar-refractivity contribution in [1.29, 1.82) is 0 Å². The molecule has 1 N–H and O–H groups in total. The standard InChI is InChI=1S/C11H14N2/c1-4-10(12-5-2)11-9(3)7-6-8-13-11/h1,6-8,10,12H,5H2,2-3H3. The summed E-state index contributed by atoms with van der Waals surface area (Å²) in [6.07, 6.45) is 7.18. The highest BCUT2D eigenvalue weighted by atomic mass is 14.9. The van der Waals surface area contributed by atoms with Crippen LogP contribution in [0.15, 0.2) is 18.3 Å². The smallest absolute Gasteiger partial charge is 0.112 e. The lowest BCUT2D eigenvalue weighted by molar-refractivity contribution is 0.645. The van der Waals surface area contributed by atoms with Crippen molar-refractivity contribution in [3.05, 3.63) is 29.6 Å². The van der Waals surface area contributed by atoms with Crippen molar-refractivity contribution in [2.75, 3.05) is 6.54 Å².